The Morgan fingerprint density at radius 1 is 0.829 bits per heavy atom. The molecule has 1 aromatic rings. The molecule has 1 aliphatic heterocycles. The number of carbonyl (C=O) groups excluding carboxylic acids is 11. The van der Waals surface area contributed by atoms with Crippen LogP contribution in [0.2, 0.25) is 0 Å². The minimum absolute atomic E-state index is 0.0316. The van der Waals surface area contributed by atoms with Crippen LogP contribution in [-0.4, -0.2) is 166 Å². The average molecular weight is 1080 g/mol. The summed E-state index contributed by atoms with van der Waals surface area (Å²) in [4.78, 5) is 151. The molecule has 1 aromatic heterocycles. The third-order valence-electron chi connectivity index (χ3n) is 12.1. The first-order chi connectivity index (χ1) is 35.9. The number of rotatable bonds is 26. The summed E-state index contributed by atoms with van der Waals surface area (Å²) in [7, 11) is 0. The largest absolute Gasteiger partial charge is 0.394 e. The lowest BCUT2D eigenvalue weighted by Crippen LogP contribution is -2.61. The number of aliphatic imine (C=N–C) groups is 1. The molecule has 2 bridgehead atoms. The molecule has 0 fully saturated rings. The fraction of sp³-hybridized carbons (Fsp3) is 0.696. The number of amides is 11. The van der Waals surface area contributed by atoms with E-state index in [0.29, 0.717) is 19.4 Å². The Balaban J connectivity index is 2.61. The van der Waals surface area contributed by atoms with Crippen LogP contribution in [0.3, 0.4) is 0 Å². The summed E-state index contributed by atoms with van der Waals surface area (Å²) < 4.78 is 1.34. The number of hydrogen-bond donors (Lipinski definition) is 15. The molecule has 0 saturated carbocycles. The van der Waals surface area contributed by atoms with Gasteiger partial charge in [0.2, 0.25) is 65.0 Å². The second-order valence-corrected chi connectivity index (χ2v) is 19.0. The average Bonchev–Trinajstić information content (AvgIpc) is 3.80. The van der Waals surface area contributed by atoms with E-state index in [1.165, 1.54) is 17.8 Å². The molecule has 30 heteroatoms. The zero-order chi connectivity index (χ0) is 57.1. The molecule has 2 rings (SSSR count). The summed E-state index contributed by atoms with van der Waals surface area (Å²) in [5.74, 6) is -10.2. The van der Waals surface area contributed by atoms with Crippen LogP contribution in [0.25, 0.3) is 0 Å². The minimum atomic E-state index is -1.72. The highest BCUT2D eigenvalue weighted by atomic mass is 16.3. The molecule has 20 N–H and O–H groups in total. The first-order valence-corrected chi connectivity index (χ1v) is 25.4. The summed E-state index contributed by atoms with van der Waals surface area (Å²) in [6, 6.07) is -11.0. The molecule has 11 amide bonds. The van der Waals surface area contributed by atoms with E-state index in [4.69, 9.17) is 28.7 Å². The molecule has 9 atom stereocenters. The number of carbonyl (C=O) groups is 11. The number of hydrogen-bond acceptors (Lipinski definition) is 16. The van der Waals surface area contributed by atoms with Crippen molar-refractivity contribution in [3.05, 3.63) is 11.9 Å². The highest BCUT2D eigenvalue weighted by Crippen LogP contribution is 2.13. The first-order valence-electron chi connectivity index (χ1n) is 25.4. The van der Waals surface area contributed by atoms with Crippen LogP contribution in [0.15, 0.2) is 11.2 Å². The number of aryl methyl sites for hydroxylation is 1. The minimum Gasteiger partial charge on any atom is -0.394 e. The molecule has 0 aromatic carbocycles. The van der Waals surface area contributed by atoms with E-state index >= 15 is 0 Å². The number of unbranched alkanes of at least 4 members (excludes halogenated alkanes) is 1. The van der Waals surface area contributed by atoms with Gasteiger partial charge in [0.05, 0.1) is 18.8 Å². The maximum absolute atomic E-state index is 14.3. The van der Waals surface area contributed by atoms with E-state index < -0.39 is 139 Å². The van der Waals surface area contributed by atoms with Crippen molar-refractivity contribution in [1.29, 1.82) is 0 Å². The molecule has 0 radical (unpaired) electrons. The lowest BCUT2D eigenvalue weighted by molar-refractivity contribution is -0.137. The van der Waals surface area contributed by atoms with Gasteiger partial charge in [0.25, 0.3) is 0 Å². The molecular formula is C46H80N18O12. The number of nitrogens with zero attached hydrogens (tertiary/aromatic N) is 4. The van der Waals surface area contributed by atoms with Crippen LogP contribution in [0.1, 0.15) is 111 Å². The molecule has 2 heterocycles. The van der Waals surface area contributed by atoms with Crippen molar-refractivity contribution in [2.75, 3.05) is 26.2 Å². The molecular weight excluding hydrogens is 997 g/mol. The Kier molecular flexibility index (Phi) is 28.4. The van der Waals surface area contributed by atoms with Crippen LogP contribution in [0.4, 0.5) is 0 Å². The number of guanidine groups is 1. The van der Waals surface area contributed by atoms with Crippen LogP contribution in [0, 0.1) is 11.8 Å². The Labute approximate surface area is 440 Å². The van der Waals surface area contributed by atoms with Crippen molar-refractivity contribution >= 4 is 70.9 Å². The maximum atomic E-state index is 14.3. The topological polar surface area (TPSA) is 489 Å². The van der Waals surface area contributed by atoms with Crippen LogP contribution in [-0.2, 0) is 65.7 Å². The van der Waals surface area contributed by atoms with Gasteiger partial charge in [-0.2, -0.15) is 0 Å². The maximum Gasteiger partial charge on any atom is 0.245 e. The van der Waals surface area contributed by atoms with Gasteiger partial charge in [-0.05, 0) is 76.2 Å². The SMILES string of the molecule is CC[C@H](C)[C@@H]1NC(=O)[C@H](CO)NC(=O)[C@@H](NC(=O)CNC(=O)[C@H](CCCCN)NC(C)=O)Cc2cn(nn2)CCC[C@@H](C(=O)N[C@@H](CC(C)C)C(=O)N[C@@H](CCCN=C(N)N)C(N)=O)NC(=O)[C@H](CCC(N)=O)NC1=O. The number of aliphatic hydroxyl groups excluding tert-OH is 1. The Morgan fingerprint density at radius 3 is 2.11 bits per heavy atom. The highest BCUT2D eigenvalue weighted by molar-refractivity contribution is 5.98. The normalized spacial score (nSPS) is 20.3. The van der Waals surface area contributed by atoms with Gasteiger partial charge < -0.3 is 81.6 Å². The van der Waals surface area contributed by atoms with Gasteiger partial charge in [0, 0.05) is 39.1 Å². The second-order valence-electron chi connectivity index (χ2n) is 19.0. The van der Waals surface area contributed by atoms with E-state index in [0.717, 1.165) is 0 Å². The monoisotopic (exact) mass is 1080 g/mol. The molecule has 1 aliphatic rings. The second kappa shape index (κ2) is 33.4. The van der Waals surface area contributed by atoms with Crippen molar-refractivity contribution < 1.29 is 57.8 Å². The number of aliphatic hydroxyl groups is 1. The van der Waals surface area contributed by atoms with Crippen LogP contribution < -0.4 is 76.5 Å². The fourth-order valence-electron chi connectivity index (χ4n) is 7.78. The summed E-state index contributed by atoms with van der Waals surface area (Å²) >= 11 is 0. The fourth-order valence-corrected chi connectivity index (χ4v) is 7.78. The lowest BCUT2D eigenvalue weighted by atomic mass is 9.97. The van der Waals surface area contributed by atoms with Crippen molar-refractivity contribution in [3.8, 4) is 0 Å². The third kappa shape index (κ3) is 23.8. The van der Waals surface area contributed by atoms with Gasteiger partial charge in [0.1, 0.15) is 48.3 Å². The highest BCUT2D eigenvalue weighted by Gasteiger charge is 2.36. The summed E-state index contributed by atoms with van der Waals surface area (Å²) in [5.41, 5.74) is 27.5. The molecule has 0 spiro atoms. The zero-order valence-corrected chi connectivity index (χ0v) is 44.0. The Morgan fingerprint density at radius 2 is 1.50 bits per heavy atom. The number of nitrogens with one attached hydrogen (secondary N) is 9. The van der Waals surface area contributed by atoms with E-state index in [1.807, 2.05) is 0 Å². The van der Waals surface area contributed by atoms with Crippen LogP contribution in [0.5, 0.6) is 0 Å². The summed E-state index contributed by atoms with van der Waals surface area (Å²) in [5, 5.41) is 41.4. The number of primary amides is 2. The predicted molar refractivity (Wildman–Crippen MR) is 274 cm³/mol. The molecule has 30 nitrogen and oxygen atoms in total. The van der Waals surface area contributed by atoms with Crippen molar-refractivity contribution in [1.82, 2.24) is 62.8 Å². The number of nitrogens with two attached hydrogens (primary N) is 5. The first kappa shape index (κ1) is 64.6. The molecule has 426 valence electrons. The van der Waals surface area contributed by atoms with E-state index in [9.17, 15) is 57.8 Å². The quantitative estimate of drug-likeness (QED) is 0.0233. The molecule has 0 aliphatic carbocycles. The van der Waals surface area contributed by atoms with Gasteiger partial charge in [-0.15, -0.1) is 5.10 Å². The van der Waals surface area contributed by atoms with E-state index in [2.05, 4.69) is 63.2 Å². The third-order valence-corrected chi connectivity index (χ3v) is 12.1. The standard InChI is InChI=1S/C46H80N18O12/c1-6-25(4)37-45(76)58-31(14-15-35(48)67)41(72)57-30(40(71)59-32(19-24(2)3)42(73)56-28(38(49)69)12-9-17-52-46(50)51)13-10-18-64-22-27(62-63-64)20-33(43(74)60-34(23-65)44(75)61-37)55-36(68)21-53-39(70)29(54-26(5)66)11-7-8-16-47/h22,24-25,28-34,37,65H,6-21,23,47H2,1-5H3,(H2,48,67)(H2,49,69)(H,53,70)(H,54,66)(H,55,68)(H,56,73)(H,57,72)(H,58,76)(H,59,71)(H,60,74)(H,61,75)(H4,50,51,52)/t25-,28-,29-,30-,31-,32-,33-,34-,37-/m0/s1. The van der Waals surface area contributed by atoms with Crippen LogP contribution >= 0.6 is 0 Å². The van der Waals surface area contributed by atoms with Crippen molar-refractivity contribution in [2.24, 2.45) is 45.5 Å². The van der Waals surface area contributed by atoms with Gasteiger partial charge in [-0.3, -0.25) is 62.4 Å². The number of aromatic nitrogens is 3. The van der Waals surface area contributed by atoms with Gasteiger partial charge in [-0.1, -0.05) is 39.3 Å². The van der Waals surface area contributed by atoms with E-state index in [1.54, 1.807) is 27.7 Å². The summed E-state index contributed by atoms with van der Waals surface area (Å²) in [6.07, 6.45) is 2.24. The van der Waals surface area contributed by atoms with Crippen molar-refractivity contribution in [2.45, 2.75) is 167 Å². The van der Waals surface area contributed by atoms with Gasteiger partial charge >= 0.3 is 0 Å². The predicted octanol–water partition coefficient (Wildman–Crippen LogP) is -6.35. The zero-order valence-electron chi connectivity index (χ0n) is 44.0. The molecule has 0 saturated heterocycles. The molecule has 76 heavy (non-hydrogen) atoms. The molecule has 0 unspecified atom stereocenters. The smallest absolute Gasteiger partial charge is 0.245 e. The van der Waals surface area contributed by atoms with Gasteiger partial charge in [-0.25, -0.2) is 0 Å². The van der Waals surface area contributed by atoms with E-state index in [-0.39, 0.29) is 88.4 Å². The lowest BCUT2D eigenvalue weighted by Gasteiger charge is -2.29. The summed E-state index contributed by atoms with van der Waals surface area (Å²) in [6.45, 7) is 7.00. The van der Waals surface area contributed by atoms with Crippen molar-refractivity contribution in [3.63, 3.8) is 0 Å². The Hall–Kier alpha value is -7.50. The van der Waals surface area contributed by atoms with Gasteiger partial charge in [0.15, 0.2) is 5.96 Å². The number of fused-ring (bicyclic) bond motifs is 2. The Bertz CT molecular complexity index is 2190.